The van der Waals surface area contributed by atoms with Crippen LogP contribution in [0.1, 0.15) is 5.56 Å². The molecule has 3 N–H and O–H groups in total. The molecular formula is C15H11N3S. The number of amidine groups is 1. The maximum atomic E-state index is 6.19. The van der Waals surface area contributed by atoms with Crippen LogP contribution in [0.25, 0.3) is 10.1 Å². The van der Waals surface area contributed by atoms with Crippen molar-refractivity contribution >= 4 is 43.6 Å². The zero-order valence-electron chi connectivity index (χ0n) is 10.1. The molecule has 1 aromatic heterocycles. The molecule has 2 heterocycles. The van der Waals surface area contributed by atoms with Gasteiger partial charge in [0.15, 0.2) is 0 Å². The first-order valence-corrected chi connectivity index (χ1v) is 6.87. The molecule has 92 valence electrons. The molecule has 1 aliphatic heterocycles. The van der Waals surface area contributed by atoms with Gasteiger partial charge in [0.1, 0.15) is 10.8 Å². The summed E-state index contributed by atoms with van der Waals surface area (Å²) >= 11 is 1.71. The van der Waals surface area contributed by atoms with Crippen molar-refractivity contribution in [3.05, 3.63) is 54.1 Å². The fraction of sp³-hybridized carbons (Fsp3) is 0. The number of aliphatic imine (C=N–C) groups is 1. The molecule has 2 aromatic carbocycles. The normalized spacial score (nSPS) is 13.2. The summed E-state index contributed by atoms with van der Waals surface area (Å²) in [6.45, 7) is 0. The van der Waals surface area contributed by atoms with E-state index in [9.17, 15) is 0 Å². The van der Waals surface area contributed by atoms with E-state index in [1.54, 1.807) is 11.3 Å². The van der Waals surface area contributed by atoms with Crippen molar-refractivity contribution < 1.29 is 0 Å². The van der Waals surface area contributed by atoms with Gasteiger partial charge in [0.05, 0.1) is 16.9 Å². The molecule has 0 aliphatic carbocycles. The highest BCUT2D eigenvalue weighted by Gasteiger charge is 2.19. The van der Waals surface area contributed by atoms with Gasteiger partial charge in [-0.3, -0.25) is 0 Å². The Morgan fingerprint density at radius 1 is 1.00 bits per heavy atom. The van der Waals surface area contributed by atoms with Crippen LogP contribution in [0.4, 0.5) is 16.4 Å². The number of fused-ring (bicyclic) bond motifs is 4. The third-order valence-electron chi connectivity index (χ3n) is 3.24. The molecule has 4 heteroatoms. The van der Waals surface area contributed by atoms with Crippen molar-refractivity contribution in [3.63, 3.8) is 0 Å². The Balaban J connectivity index is 2.05. The summed E-state index contributed by atoms with van der Waals surface area (Å²) < 4.78 is 1.22. The summed E-state index contributed by atoms with van der Waals surface area (Å²) in [5.41, 5.74) is 9.08. The largest absolute Gasteiger partial charge is 0.383 e. The lowest BCUT2D eigenvalue weighted by atomic mass is 10.1. The molecule has 0 amide bonds. The molecule has 0 fully saturated rings. The number of benzene rings is 2. The molecule has 0 saturated carbocycles. The summed E-state index contributed by atoms with van der Waals surface area (Å²) in [4.78, 5) is 4.54. The molecule has 3 aromatic rings. The van der Waals surface area contributed by atoms with E-state index in [1.807, 2.05) is 36.4 Å². The van der Waals surface area contributed by atoms with Crippen LogP contribution in [0.3, 0.4) is 0 Å². The molecule has 0 bridgehead atoms. The van der Waals surface area contributed by atoms with Gasteiger partial charge in [0, 0.05) is 10.1 Å². The van der Waals surface area contributed by atoms with E-state index >= 15 is 0 Å². The monoisotopic (exact) mass is 265 g/mol. The van der Waals surface area contributed by atoms with Crippen molar-refractivity contribution in [1.29, 1.82) is 0 Å². The zero-order valence-corrected chi connectivity index (χ0v) is 10.9. The lowest BCUT2D eigenvalue weighted by molar-refractivity contribution is 1.49. The third kappa shape index (κ3) is 1.54. The lowest BCUT2D eigenvalue weighted by Crippen LogP contribution is -2.12. The van der Waals surface area contributed by atoms with Gasteiger partial charge >= 0.3 is 0 Å². The van der Waals surface area contributed by atoms with Crippen LogP contribution in [0, 0.1) is 0 Å². The first-order valence-electron chi connectivity index (χ1n) is 6.05. The molecule has 3 nitrogen and oxygen atoms in total. The number of nitrogens with zero attached hydrogens (tertiary/aromatic N) is 1. The van der Waals surface area contributed by atoms with Gasteiger partial charge in [-0.1, -0.05) is 30.3 Å². The number of nitrogens with two attached hydrogens (primary N) is 1. The van der Waals surface area contributed by atoms with E-state index < -0.39 is 0 Å². The van der Waals surface area contributed by atoms with Crippen LogP contribution in [0.15, 0.2) is 53.5 Å². The number of thiophene rings is 1. The topological polar surface area (TPSA) is 50.4 Å². The highest BCUT2D eigenvalue weighted by molar-refractivity contribution is 7.23. The van der Waals surface area contributed by atoms with Crippen LogP contribution in [-0.2, 0) is 0 Å². The van der Waals surface area contributed by atoms with E-state index in [2.05, 4.69) is 22.4 Å². The minimum Gasteiger partial charge on any atom is -0.383 e. The van der Waals surface area contributed by atoms with Crippen LogP contribution in [-0.4, -0.2) is 5.84 Å². The Hall–Kier alpha value is -2.33. The van der Waals surface area contributed by atoms with Crippen molar-refractivity contribution in [1.82, 2.24) is 0 Å². The molecule has 0 spiro atoms. The molecular weight excluding hydrogens is 254 g/mol. The van der Waals surface area contributed by atoms with Gasteiger partial charge in [0.2, 0.25) is 0 Å². The first kappa shape index (κ1) is 10.6. The predicted molar refractivity (Wildman–Crippen MR) is 81.9 cm³/mol. The van der Waals surface area contributed by atoms with Gasteiger partial charge in [0.25, 0.3) is 0 Å². The van der Waals surface area contributed by atoms with E-state index in [-0.39, 0.29) is 0 Å². The van der Waals surface area contributed by atoms with Crippen molar-refractivity contribution in [2.75, 3.05) is 5.32 Å². The molecule has 0 atom stereocenters. The highest BCUT2D eigenvalue weighted by atomic mass is 32.1. The Labute approximate surface area is 114 Å². The number of anilines is 2. The summed E-state index contributed by atoms with van der Waals surface area (Å²) in [5, 5.41) is 5.67. The summed E-state index contributed by atoms with van der Waals surface area (Å²) in [6.07, 6.45) is 0. The van der Waals surface area contributed by atoms with Crippen molar-refractivity contribution in [3.8, 4) is 0 Å². The van der Waals surface area contributed by atoms with Gasteiger partial charge in [-0.2, -0.15) is 0 Å². The fourth-order valence-corrected chi connectivity index (χ4v) is 3.50. The molecule has 0 unspecified atom stereocenters. The number of hydrogen-bond donors (Lipinski definition) is 2. The second kappa shape index (κ2) is 3.83. The lowest BCUT2D eigenvalue weighted by Gasteiger charge is -2.04. The van der Waals surface area contributed by atoms with Gasteiger partial charge in [-0.25, -0.2) is 4.99 Å². The number of nitrogens with one attached hydrogen (secondary N) is 1. The van der Waals surface area contributed by atoms with Crippen LogP contribution in [0.5, 0.6) is 0 Å². The summed E-state index contributed by atoms with van der Waals surface area (Å²) in [5.74, 6) is 0.574. The quantitative estimate of drug-likeness (QED) is 0.645. The van der Waals surface area contributed by atoms with Crippen molar-refractivity contribution in [2.24, 2.45) is 10.7 Å². The Morgan fingerprint density at radius 2 is 1.79 bits per heavy atom. The summed E-state index contributed by atoms with van der Waals surface area (Å²) in [7, 11) is 0. The second-order valence-electron chi connectivity index (χ2n) is 4.44. The summed E-state index contributed by atoms with van der Waals surface area (Å²) in [6, 6.07) is 16.2. The average molecular weight is 265 g/mol. The smallest absolute Gasteiger partial charge is 0.135 e. The second-order valence-corrected chi connectivity index (χ2v) is 5.49. The maximum Gasteiger partial charge on any atom is 0.135 e. The van der Waals surface area contributed by atoms with E-state index in [0.717, 1.165) is 27.3 Å². The standard InChI is InChI=1S/C15H11N3S/c16-14-13-9-5-1-4-8-12(9)19-15(13)18-11-7-3-2-6-10(11)17-14/h1-8,18H,(H2,16,17). The molecule has 4 rings (SSSR count). The Bertz CT molecular complexity index is 817. The predicted octanol–water partition coefficient (Wildman–Crippen LogP) is 4.00. The third-order valence-corrected chi connectivity index (χ3v) is 4.33. The minimum absolute atomic E-state index is 0.574. The Kier molecular flexibility index (Phi) is 2.13. The van der Waals surface area contributed by atoms with Crippen molar-refractivity contribution in [2.45, 2.75) is 0 Å². The average Bonchev–Trinajstić information content (AvgIpc) is 2.72. The SMILES string of the molecule is NC1=Nc2ccccc2Nc2sc3ccccc3c21. The van der Waals surface area contributed by atoms with E-state index in [0.29, 0.717) is 5.84 Å². The molecule has 0 radical (unpaired) electrons. The van der Waals surface area contributed by atoms with E-state index in [4.69, 9.17) is 5.73 Å². The Morgan fingerprint density at radius 3 is 2.74 bits per heavy atom. The molecule has 19 heavy (non-hydrogen) atoms. The van der Waals surface area contributed by atoms with Gasteiger partial charge in [-0.15, -0.1) is 11.3 Å². The molecule has 0 saturated heterocycles. The number of rotatable bonds is 0. The van der Waals surface area contributed by atoms with Crippen LogP contribution in [0.2, 0.25) is 0 Å². The maximum absolute atomic E-state index is 6.19. The van der Waals surface area contributed by atoms with Gasteiger partial charge < -0.3 is 11.1 Å². The van der Waals surface area contributed by atoms with Gasteiger partial charge in [-0.05, 0) is 18.2 Å². The highest BCUT2D eigenvalue weighted by Crippen LogP contribution is 2.41. The zero-order chi connectivity index (χ0) is 12.8. The molecule has 1 aliphatic rings. The fourth-order valence-electron chi connectivity index (χ4n) is 2.37. The number of para-hydroxylation sites is 2. The number of hydrogen-bond acceptors (Lipinski definition) is 4. The first-order chi connectivity index (χ1) is 9.33. The minimum atomic E-state index is 0.574. The van der Waals surface area contributed by atoms with E-state index in [1.165, 1.54) is 4.70 Å². The van der Waals surface area contributed by atoms with Crippen LogP contribution < -0.4 is 11.1 Å². The van der Waals surface area contributed by atoms with Crippen LogP contribution >= 0.6 is 11.3 Å².